The number of nitrogens with zero attached hydrogens (tertiary/aromatic N) is 4. The van der Waals surface area contributed by atoms with Crippen molar-refractivity contribution in [2.24, 2.45) is 0 Å². The average Bonchev–Trinajstić information content (AvgIpc) is 3.40. The van der Waals surface area contributed by atoms with E-state index in [0.717, 1.165) is 11.1 Å². The third-order valence-electron chi connectivity index (χ3n) is 6.89. The largest absolute Gasteiger partial charge is 0.497 e. The first-order valence-corrected chi connectivity index (χ1v) is 13.3. The lowest BCUT2D eigenvalue weighted by Crippen LogP contribution is -2.42. The smallest absolute Gasteiger partial charge is 0.251 e. The summed E-state index contributed by atoms with van der Waals surface area (Å²) in [4.78, 5) is 29.6. The third-order valence-corrected chi connectivity index (χ3v) is 6.89. The number of methoxy groups -OCH3 is 2. The quantitative estimate of drug-likeness (QED) is 0.246. The van der Waals surface area contributed by atoms with Crippen LogP contribution < -0.4 is 14.8 Å². The number of hydrogen-bond acceptors (Lipinski definition) is 6. The van der Waals surface area contributed by atoms with Crippen LogP contribution in [0, 0.1) is 12.7 Å². The number of halogens is 1. The van der Waals surface area contributed by atoms with Crippen molar-refractivity contribution in [2.75, 3.05) is 19.5 Å². The van der Waals surface area contributed by atoms with Gasteiger partial charge < -0.3 is 19.7 Å². The molecule has 1 aromatic heterocycles. The van der Waals surface area contributed by atoms with Crippen LogP contribution in [0.1, 0.15) is 22.7 Å². The monoisotopic (exact) mass is 567 g/mol. The van der Waals surface area contributed by atoms with Gasteiger partial charge in [-0.15, -0.1) is 5.10 Å². The van der Waals surface area contributed by atoms with Crippen LogP contribution in [0.3, 0.4) is 0 Å². The molecule has 1 N–H and O–H groups in total. The highest BCUT2D eigenvalue weighted by atomic mass is 19.1. The zero-order chi connectivity index (χ0) is 29.6. The minimum Gasteiger partial charge on any atom is -0.497 e. The molecule has 1 atom stereocenters. The summed E-state index contributed by atoms with van der Waals surface area (Å²) in [7, 11) is 3.00. The molecule has 0 radical (unpaired) electrons. The number of carbonyl (C=O) groups is 2. The van der Waals surface area contributed by atoms with Crippen molar-refractivity contribution in [2.45, 2.75) is 26.1 Å². The van der Waals surface area contributed by atoms with E-state index in [9.17, 15) is 14.0 Å². The molecule has 5 aromatic rings. The number of nitrogens with one attached hydrogen (secondary N) is 1. The van der Waals surface area contributed by atoms with Gasteiger partial charge in [0.05, 0.1) is 25.4 Å². The zero-order valence-corrected chi connectivity index (χ0v) is 23.5. The molecule has 0 aliphatic heterocycles. The molecule has 2 amide bonds. The molecule has 0 spiro atoms. The molecule has 0 aliphatic rings. The normalized spacial score (nSPS) is 11.6. The second-order valence-corrected chi connectivity index (χ2v) is 9.76. The molecular formula is C32H30FN5O4. The van der Waals surface area contributed by atoms with Crippen molar-refractivity contribution in [3.8, 4) is 11.5 Å². The summed E-state index contributed by atoms with van der Waals surface area (Å²) in [5.74, 6) is -0.573. The van der Waals surface area contributed by atoms with Crippen molar-refractivity contribution >= 4 is 28.5 Å². The standard InChI is InChI=1S/C32H30FN5O4/c1-21-11-13-22(14-12-21)19-37(30(39)20-38-28-10-5-4-9-26(28)35-36-38)31(23-7-6-8-24(33)17-23)32(40)34-27-16-15-25(41-2)18-29(27)42-3/h4-18,31H,19-20H2,1-3H3,(H,34,40)/t31-/m1/s1. The number of amides is 2. The van der Waals surface area contributed by atoms with Crippen LogP contribution in [0.5, 0.6) is 11.5 Å². The summed E-state index contributed by atoms with van der Waals surface area (Å²) in [5.41, 5.74) is 3.85. The molecule has 0 aliphatic carbocycles. The number of benzene rings is 4. The predicted octanol–water partition coefficient (Wildman–Crippen LogP) is 5.30. The summed E-state index contributed by atoms with van der Waals surface area (Å²) >= 11 is 0. The number of carbonyl (C=O) groups excluding carboxylic acids is 2. The van der Waals surface area contributed by atoms with E-state index in [-0.39, 0.29) is 13.1 Å². The summed E-state index contributed by atoms with van der Waals surface area (Å²) in [6.07, 6.45) is 0. The number of hydrogen-bond donors (Lipinski definition) is 1. The number of ether oxygens (including phenoxy) is 2. The van der Waals surface area contributed by atoms with E-state index in [2.05, 4.69) is 15.6 Å². The molecule has 5 rings (SSSR count). The predicted molar refractivity (Wildman–Crippen MR) is 157 cm³/mol. The Labute approximate surface area is 242 Å². The Balaban J connectivity index is 1.57. The van der Waals surface area contributed by atoms with E-state index in [1.165, 1.54) is 42.0 Å². The van der Waals surface area contributed by atoms with Crippen LogP contribution in [-0.2, 0) is 22.7 Å². The van der Waals surface area contributed by atoms with Gasteiger partial charge in [0.2, 0.25) is 5.91 Å². The van der Waals surface area contributed by atoms with E-state index >= 15 is 0 Å². The highest BCUT2D eigenvalue weighted by molar-refractivity contribution is 5.99. The fourth-order valence-corrected chi connectivity index (χ4v) is 4.72. The SMILES string of the molecule is COc1ccc(NC(=O)[C@@H](c2cccc(F)c2)N(Cc2ccc(C)cc2)C(=O)Cn2nnc3ccccc32)c(OC)c1. The van der Waals surface area contributed by atoms with E-state index in [4.69, 9.17) is 9.47 Å². The summed E-state index contributed by atoms with van der Waals surface area (Å²) in [5, 5.41) is 11.2. The van der Waals surface area contributed by atoms with Crippen molar-refractivity contribution < 1.29 is 23.5 Å². The molecule has 0 bridgehead atoms. The van der Waals surface area contributed by atoms with Crippen molar-refractivity contribution in [3.05, 3.63) is 114 Å². The first kappa shape index (κ1) is 28.3. The lowest BCUT2D eigenvalue weighted by atomic mass is 10.0. The fourth-order valence-electron chi connectivity index (χ4n) is 4.72. The number of fused-ring (bicyclic) bond motifs is 1. The second-order valence-electron chi connectivity index (χ2n) is 9.76. The lowest BCUT2D eigenvalue weighted by Gasteiger charge is -2.32. The van der Waals surface area contributed by atoms with Gasteiger partial charge in [0.25, 0.3) is 5.91 Å². The molecule has 0 saturated heterocycles. The van der Waals surface area contributed by atoms with E-state index < -0.39 is 23.7 Å². The summed E-state index contributed by atoms with van der Waals surface area (Å²) < 4.78 is 26.8. The molecule has 0 fully saturated rings. The topological polar surface area (TPSA) is 98.6 Å². The van der Waals surface area contributed by atoms with Crippen LogP contribution in [0.15, 0.2) is 91.0 Å². The maximum Gasteiger partial charge on any atom is 0.251 e. The second kappa shape index (κ2) is 12.5. The van der Waals surface area contributed by atoms with Crippen molar-refractivity contribution in [1.82, 2.24) is 19.9 Å². The van der Waals surface area contributed by atoms with Gasteiger partial charge in [-0.25, -0.2) is 9.07 Å². The van der Waals surface area contributed by atoms with Gasteiger partial charge in [0, 0.05) is 12.6 Å². The minimum atomic E-state index is -1.20. The molecule has 4 aromatic carbocycles. The number of aromatic nitrogens is 3. The molecule has 9 nitrogen and oxygen atoms in total. The average molecular weight is 568 g/mol. The molecule has 42 heavy (non-hydrogen) atoms. The van der Waals surface area contributed by atoms with Crippen LogP contribution >= 0.6 is 0 Å². The van der Waals surface area contributed by atoms with Gasteiger partial charge in [-0.05, 0) is 54.4 Å². The Morgan fingerprint density at radius 3 is 2.48 bits per heavy atom. The maximum atomic E-state index is 14.5. The van der Waals surface area contributed by atoms with Crippen LogP contribution in [0.2, 0.25) is 0 Å². The number of anilines is 1. The fraction of sp³-hybridized carbons (Fsp3) is 0.188. The first-order chi connectivity index (χ1) is 20.4. The molecule has 0 unspecified atom stereocenters. The highest BCUT2D eigenvalue weighted by Gasteiger charge is 2.33. The van der Waals surface area contributed by atoms with Gasteiger partial charge in [-0.1, -0.05) is 59.3 Å². The molecule has 0 saturated carbocycles. The van der Waals surface area contributed by atoms with Gasteiger partial charge >= 0.3 is 0 Å². The van der Waals surface area contributed by atoms with Crippen LogP contribution in [0.25, 0.3) is 11.0 Å². The van der Waals surface area contributed by atoms with Gasteiger partial charge in [-0.3, -0.25) is 9.59 Å². The zero-order valence-electron chi connectivity index (χ0n) is 23.5. The minimum absolute atomic E-state index is 0.0834. The number of para-hydroxylation sites is 1. The van der Waals surface area contributed by atoms with Crippen LogP contribution in [-0.4, -0.2) is 45.9 Å². The van der Waals surface area contributed by atoms with Crippen molar-refractivity contribution in [3.63, 3.8) is 0 Å². The van der Waals surface area contributed by atoms with E-state index in [1.807, 2.05) is 49.4 Å². The third kappa shape index (κ3) is 6.22. The summed E-state index contributed by atoms with van der Waals surface area (Å²) in [6.45, 7) is 1.87. The number of aryl methyl sites for hydroxylation is 1. The number of rotatable bonds is 10. The Morgan fingerprint density at radius 1 is 0.952 bits per heavy atom. The lowest BCUT2D eigenvalue weighted by molar-refractivity contribution is -0.140. The molecule has 1 heterocycles. The molecular weight excluding hydrogens is 537 g/mol. The molecule has 214 valence electrons. The summed E-state index contributed by atoms with van der Waals surface area (Å²) in [6, 6.07) is 24.4. The highest BCUT2D eigenvalue weighted by Crippen LogP contribution is 2.32. The van der Waals surface area contributed by atoms with Gasteiger partial charge in [-0.2, -0.15) is 0 Å². The first-order valence-electron chi connectivity index (χ1n) is 13.3. The van der Waals surface area contributed by atoms with Gasteiger partial charge in [0.1, 0.15) is 35.4 Å². The maximum absolute atomic E-state index is 14.5. The van der Waals surface area contributed by atoms with E-state index in [0.29, 0.717) is 33.8 Å². The van der Waals surface area contributed by atoms with Crippen LogP contribution in [0.4, 0.5) is 10.1 Å². The Morgan fingerprint density at radius 2 is 1.74 bits per heavy atom. The van der Waals surface area contributed by atoms with E-state index in [1.54, 1.807) is 30.3 Å². The Hall–Kier alpha value is -5.25. The Kier molecular flexibility index (Phi) is 8.42. The Bertz CT molecular complexity index is 1720. The molecule has 10 heteroatoms. The van der Waals surface area contributed by atoms with Gasteiger partial charge in [0.15, 0.2) is 0 Å². The van der Waals surface area contributed by atoms with Crippen molar-refractivity contribution in [1.29, 1.82) is 0 Å².